The minimum Gasteiger partial charge on any atom is -0.481 e. The maximum Gasteiger partial charge on any atom is 0.303 e. The smallest absolute Gasteiger partial charge is 0.303 e. The molecule has 0 spiro atoms. The molecule has 0 aliphatic carbocycles. The first-order valence-electron chi connectivity index (χ1n) is 7.45. The molecule has 0 heterocycles. The number of carbonyl (C=O) groups is 1. The molecule has 0 saturated carbocycles. The van der Waals surface area contributed by atoms with Crippen molar-refractivity contribution >= 4 is 15.8 Å². The average molecular weight is 332 g/mol. The van der Waals surface area contributed by atoms with E-state index in [0.717, 1.165) is 0 Å². The molecule has 23 heavy (non-hydrogen) atoms. The fourth-order valence-corrected chi connectivity index (χ4v) is 4.56. The number of sulfone groups is 1. The molecule has 0 radical (unpaired) electrons. The molecule has 2 aromatic rings. The molecule has 0 aliphatic rings. The number of carboxylic acid groups (broad SMARTS) is 1. The summed E-state index contributed by atoms with van der Waals surface area (Å²) < 4.78 is 25.2. The standard InChI is InChI=1S/C18H20O4S/c1-18(14-8-13-17(19)20,15-9-4-2-5-10-15)23(21,22)16-11-6-3-7-12-16/h2-7,9-12H,8,13-14H2,1H3,(H,19,20). The summed E-state index contributed by atoms with van der Waals surface area (Å²) in [6.07, 6.45) is 0.500. The fraction of sp³-hybridized carbons (Fsp3) is 0.278. The maximum absolute atomic E-state index is 13.2. The van der Waals surface area contributed by atoms with Crippen molar-refractivity contribution in [2.24, 2.45) is 0 Å². The molecule has 0 aliphatic heterocycles. The Labute approximate surface area is 136 Å². The highest BCUT2D eigenvalue weighted by atomic mass is 32.2. The monoisotopic (exact) mass is 332 g/mol. The first-order chi connectivity index (χ1) is 10.9. The van der Waals surface area contributed by atoms with Gasteiger partial charge in [-0.25, -0.2) is 8.42 Å². The van der Waals surface area contributed by atoms with Crippen LogP contribution in [0.1, 0.15) is 31.7 Å². The third-order valence-corrected chi connectivity index (χ3v) is 6.59. The van der Waals surface area contributed by atoms with Gasteiger partial charge in [0.15, 0.2) is 9.84 Å². The van der Waals surface area contributed by atoms with Crippen LogP contribution < -0.4 is 0 Å². The highest BCUT2D eigenvalue weighted by Crippen LogP contribution is 2.39. The highest BCUT2D eigenvalue weighted by Gasteiger charge is 2.41. The van der Waals surface area contributed by atoms with Crippen molar-refractivity contribution < 1.29 is 18.3 Å². The van der Waals surface area contributed by atoms with Gasteiger partial charge >= 0.3 is 5.97 Å². The maximum atomic E-state index is 13.2. The Kier molecular flexibility index (Phi) is 5.21. The molecular weight excluding hydrogens is 312 g/mol. The van der Waals surface area contributed by atoms with Crippen LogP contribution in [0.5, 0.6) is 0 Å². The van der Waals surface area contributed by atoms with Gasteiger partial charge in [-0.3, -0.25) is 4.79 Å². The van der Waals surface area contributed by atoms with Crippen molar-refractivity contribution in [3.8, 4) is 0 Å². The summed E-state index contributed by atoms with van der Waals surface area (Å²) in [7, 11) is -3.64. The third kappa shape index (κ3) is 3.62. The van der Waals surface area contributed by atoms with Crippen LogP contribution in [0.4, 0.5) is 0 Å². The third-order valence-electron chi connectivity index (χ3n) is 4.08. The van der Waals surface area contributed by atoms with E-state index in [0.29, 0.717) is 12.0 Å². The van der Waals surface area contributed by atoms with Crippen molar-refractivity contribution in [2.75, 3.05) is 0 Å². The van der Waals surface area contributed by atoms with Gasteiger partial charge in [-0.2, -0.15) is 0 Å². The minimum atomic E-state index is -3.64. The van der Waals surface area contributed by atoms with Crippen LogP contribution in [0.3, 0.4) is 0 Å². The molecule has 0 fully saturated rings. The molecule has 2 rings (SSSR count). The van der Waals surface area contributed by atoms with E-state index in [1.807, 2.05) is 6.07 Å². The molecular formula is C18H20O4S. The number of hydrogen-bond acceptors (Lipinski definition) is 3. The lowest BCUT2D eigenvalue weighted by Crippen LogP contribution is -2.33. The van der Waals surface area contributed by atoms with Crippen molar-refractivity contribution in [2.45, 2.75) is 35.8 Å². The molecule has 1 atom stereocenters. The Balaban J connectivity index is 2.47. The predicted octanol–water partition coefficient (Wildman–Crippen LogP) is 3.63. The topological polar surface area (TPSA) is 71.4 Å². The van der Waals surface area contributed by atoms with Crippen molar-refractivity contribution in [3.05, 3.63) is 66.2 Å². The second-order valence-corrected chi connectivity index (χ2v) is 8.04. The molecule has 2 aromatic carbocycles. The van der Waals surface area contributed by atoms with Gasteiger partial charge < -0.3 is 5.11 Å². The molecule has 122 valence electrons. The first kappa shape index (κ1) is 17.2. The normalized spacial score (nSPS) is 14.1. The van der Waals surface area contributed by atoms with E-state index < -0.39 is 20.6 Å². The number of aliphatic carboxylic acids is 1. The molecule has 0 aromatic heterocycles. The van der Waals surface area contributed by atoms with Gasteiger partial charge in [-0.1, -0.05) is 48.5 Å². The quantitative estimate of drug-likeness (QED) is 0.840. The van der Waals surface area contributed by atoms with Gasteiger partial charge in [0.2, 0.25) is 0 Å². The summed E-state index contributed by atoms with van der Waals surface area (Å²) in [6.45, 7) is 1.67. The van der Waals surface area contributed by atoms with Crippen LogP contribution in [-0.2, 0) is 19.4 Å². The van der Waals surface area contributed by atoms with Crippen molar-refractivity contribution in [3.63, 3.8) is 0 Å². The van der Waals surface area contributed by atoms with Crippen molar-refractivity contribution in [1.29, 1.82) is 0 Å². The summed E-state index contributed by atoms with van der Waals surface area (Å²) in [6, 6.07) is 17.3. The Morgan fingerprint density at radius 3 is 2.04 bits per heavy atom. The Morgan fingerprint density at radius 1 is 1.00 bits per heavy atom. The number of hydrogen-bond donors (Lipinski definition) is 1. The Bertz CT molecular complexity index is 754. The van der Waals surface area contributed by atoms with Crippen LogP contribution in [-0.4, -0.2) is 19.5 Å². The molecule has 4 nitrogen and oxygen atoms in total. The van der Waals surface area contributed by atoms with Gasteiger partial charge in [0, 0.05) is 6.42 Å². The van der Waals surface area contributed by atoms with Gasteiger partial charge in [0.05, 0.1) is 9.64 Å². The lowest BCUT2D eigenvalue weighted by Gasteiger charge is -2.30. The summed E-state index contributed by atoms with van der Waals surface area (Å²) in [5, 5.41) is 8.85. The minimum absolute atomic E-state index is 0.0489. The zero-order valence-electron chi connectivity index (χ0n) is 13.0. The van der Waals surface area contributed by atoms with E-state index in [4.69, 9.17) is 5.11 Å². The molecule has 1 N–H and O–H groups in total. The van der Waals surface area contributed by atoms with E-state index in [-0.39, 0.29) is 17.7 Å². The summed E-state index contributed by atoms with van der Waals surface area (Å²) >= 11 is 0. The number of rotatable bonds is 7. The molecule has 0 saturated heterocycles. The SMILES string of the molecule is CC(CCCC(=O)O)(c1ccccc1)S(=O)(=O)c1ccccc1. The summed E-state index contributed by atoms with van der Waals surface area (Å²) in [5.41, 5.74) is 0.675. The zero-order chi connectivity index (χ0) is 16.9. The summed E-state index contributed by atoms with van der Waals surface area (Å²) in [4.78, 5) is 11.0. The first-order valence-corrected chi connectivity index (χ1v) is 8.93. The average Bonchev–Trinajstić information content (AvgIpc) is 2.56. The van der Waals surface area contributed by atoms with Crippen LogP contribution in [0, 0.1) is 0 Å². The van der Waals surface area contributed by atoms with Crippen LogP contribution in [0.15, 0.2) is 65.6 Å². The van der Waals surface area contributed by atoms with E-state index in [1.54, 1.807) is 61.5 Å². The van der Waals surface area contributed by atoms with Gasteiger partial charge in [0.25, 0.3) is 0 Å². The lowest BCUT2D eigenvalue weighted by atomic mass is 9.94. The second kappa shape index (κ2) is 6.96. The number of benzene rings is 2. The largest absolute Gasteiger partial charge is 0.481 e. The van der Waals surface area contributed by atoms with E-state index >= 15 is 0 Å². The van der Waals surface area contributed by atoms with E-state index in [9.17, 15) is 13.2 Å². The molecule has 0 bridgehead atoms. The van der Waals surface area contributed by atoms with Gasteiger partial charge in [0.1, 0.15) is 0 Å². The predicted molar refractivity (Wildman–Crippen MR) is 88.9 cm³/mol. The summed E-state index contributed by atoms with van der Waals surface area (Å²) in [5.74, 6) is -0.919. The Hall–Kier alpha value is -2.14. The molecule has 1 unspecified atom stereocenters. The number of carboxylic acids is 1. The van der Waals surface area contributed by atoms with E-state index in [2.05, 4.69) is 0 Å². The Morgan fingerprint density at radius 2 is 1.52 bits per heavy atom. The van der Waals surface area contributed by atoms with Crippen LogP contribution in [0.25, 0.3) is 0 Å². The lowest BCUT2D eigenvalue weighted by molar-refractivity contribution is -0.137. The van der Waals surface area contributed by atoms with Crippen LogP contribution >= 0.6 is 0 Å². The highest BCUT2D eigenvalue weighted by molar-refractivity contribution is 7.92. The molecule has 0 amide bonds. The van der Waals surface area contributed by atoms with Crippen LogP contribution in [0.2, 0.25) is 0 Å². The van der Waals surface area contributed by atoms with E-state index in [1.165, 1.54) is 0 Å². The van der Waals surface area contributed by atoms with Crippen molar-refractivity contribution in [1.82, 2.24) is 0 Å². The fourth-order valence-electron chi connectivity index (χ4n) is 2.66. The van der Waals surface area contributed by atoms with Gasteiger partial charge in [-0.15, -0.1) is 0 Å². The van der Waals surface area contributed by atoms with Gasteiger partial charge in [-0.05, 0) is 37.5 Å². The molecule has 5 heteroatoms. The zero-order valence-corrected chi connectivity index (χ0v) is 13.8. The second-order valence-electron chi connectivity index (χ2n) is 5.66.